The summed E-state index contributed by atoms with van der Waals surface area (Å²) in [5.41, 5.74) is 3.05. The summed E-state index contributed by atoms with van der Waals surface area (Å²) in [7, 11) is 1.54. The van der Waals surface area contributed by atoms with Crippen molar-refractivity contribution in [2.24, 2.45) is 5.92 Å². The second kappa shape index (κ2) is 12.6. The minimum absolute atomic E-state index is 0.0457. The zero-order valence-corrected chi connectivity index (χ0v) is 22.8. The fourth-order valence-electron chi connectivity index (χ4n) is 4.50. The number of aryl methyl sites for hydroxylation is 1. The number of aliphatic hydroxyl groups excluding tert-OH is 1. The van der Waals surface area contributed by atoms with E-state index in [0.717, 1.165) is 11.1 Å². The van der Waals surface area contributed by atoms with Gasteiger partial charge in [0.15, 0.2) is 0 Å². The van der Waals surface area contributed by atoms with E-state index in [-0.39, 0.29) is 24.5 Å². The molecule has 0 aromatic heterocycles. The van der Waals surface area contributed by atoms with Crippen LogP contribution < -0.4 is 9.47 Å². The molecular weight excluding hydrogens is 494 g/mol. The fraction of sp³-hybridized carbons (Fsp3) is 0.312. The summed E-state index contributed by atoms with van der Waals surface area (Å²) in [6.07, 6.45) is 0. The van der Waals surface area contributed by atoms with E-state index in [1.807, 2.05) is 49.4 Å². The van der Waals surface area contributed by atoms with E-state index >= 15 is 0 Å². The van der Waals surface area contributed by atoms with E-state index < -0.39 is 17.7 Å². The monoisotopic (exact) mass is 529 g/mol. The van der Waals surface area contributed by atoms with Gasteiger partial charge in [-0.2, -0.15) is 0 Å². The number of benzene rings is 3. The van der Waals surface area contributed by atoms with Crippen molar-refractivity contribution in [2.75, 3.05) is 26.9 Å². The lowest BCUT2D eigenvalue weighted by Crippen LogP contribution is -2.32. The number of amides is 1. The second-order valence-electron chi connectivity index (χ2n) is 10.0. The van der Waals surface area contributed by atoms with E-state index in [4.69, 9.17) is 14.2 Å². The van der Waals surface area contributed by atoms with Gasteiger partial charge in [-0.1, -0.05) is 56.3 Å². The largest absolute Gasteiger partial charge is 0.507 e. The Morgan fingerprint density at radius 3 is 2.33 bits per heavy atom. The SMILES string of the molecule is COCCN1C(=O)C(=O)/C(=C(\O)c2ccc(OCC(C)C)c(C)c2)C1c1ccc(OCc2ccccc2)cc1. The lowest BCUT2D eigenvalue weighted by molar-refractivity contribution is -0.140. The molecule has 1 unspecified atom stereocenters. The van der Waals surface area contributed by atoms with Gasteiger partial charge in [0.25, 0.3) is 11.7 Å². The highest BCUT2D eigenvalue weighted by Crippen LogP contribution is 2.40. The molecular formula is C32H35NO6. The minimum Gasteiger partial charge on any atom is -0.507 e. The van der Waals surface area contributed by atoms with Crippen LogP contribution in [0, 0.1) is 12.8 Å². The highest BCUT2D eigenvalue weighted by molar-refractivity contribution is 6.46. The molecule has 204 valence electrons. The third-order valence-electron chi connectivity index (χ3n) is 6.54. The zero-order valence-electron chi connectivity index (χ0n) is 22.8. The molecule has 1 saturated heterocycles. The standard InChI is InChI=1S/C32H35NO6/c1-21(2)19-39-27-15-12-25(18-22(27)3)30(34)28-29(33(16-17-37-4)32(36)31(28)35)24-10-13-26(14-11-24)38-20-23-8-6-5-7-9-23/h5-15,18,21,29,34H,16-17,19-20H2,1-4H3/b30-28-. The second-order valence-corrected chi connectivity index (χ2v) is 10.0. The maximum absolute atomic E-state index is 13.2. The Balaban J connectivity index is 1.66. The van der Waals surface area contributed by atoms with Crippen molar-refractivity contribution < 1.29 is 28.9 Å². The number of Topliss-reactive ketones (excluding diaryl/α,β-unsaturated/α-hetero) is 1. The van der Waals surface area contributed by atoms with Crippen LogP contribution in [0.3, 0.4) is 0 Å². The summed E-state index contributed by atoms with van der Waals surface area (Å²) in [5, 5.41) is 11.4. The van der Waals surface area contributed by atoms with E-state index in [1.165, 1.54) is 12.0 Å². The summed E-state index contributed by atoms with van der Waals surface area (Å²) >= 11 is 0. The normalized spacial score (nSPS) is 16.6. The molecule has 7 heteroatoms. The Hall–Kier alpha value is -4.10. The van der Waals surface area contributed by atoms with Gasteiger partial charge in [0.1, 0.15) is 23.9 Å². The molecule has 1 atom stereocenters. The highest BCUT2D eigenvalue weighted by Gasteiger charge is 2.45. The van der Waals surface area contributed by atoms with E-state index in [0.29, 0.717) is 41.8 Å². The van der Waals surface area contributed by atoms with Gasteiger partial charge in [0.2, 0.25) is 0 Å². The Kier molecular flexibility index (Phi) is 9.04. The van der Waals surface area contributed by atoms with Crippen LogP contribution in [0.25, 0.3) is 5.76 Å². The summed E-state index contributed by atoms with van der Waals surface area (Å²) in [6, 6.07) is 21.6. The van der Waals surface area contributed by atoms with Crippen molar-refractivity contribution in [2.45, 2.75) is 33.4 Å². The third kappa shape index (κ3) is 6.49. The van der Waals surface area contributed by atoms with E-state index in [1.54, 1.807) is 30.3 Å². The number of ether oxygens (including phenoxy) is 3. The molecule has 0 spiro atoms. The first-order valence-electron chi connectivity index (χ1n) is 13.1. The van der Waals surface area contributed by atoms with Gasteiger partial charge in [-0.05, 0) is 59.9 Å². The highest BCUT2D eigenvalue weighted by atomic mass is 16.5. The molecule has 1 N–H and O–H groups in total. The predicted molar refractivity (Wildman–Crippen MR) is 150 cm³/mol. The number of ketones is 1. The number of methoxy groups -OCH3 is 1. The Bertz CT molecular complexity index is 1330. The quantitative estimate of drug-likeness (QED) is 0.196. The zero-order chi connectivity index (χ0) is 27.9. The lowest BCUT2D eigenvalue weighted by Gasteiger charge is -2.25. The van der Waals surface area contributed by atoms with Crippen LogP contribution in [0.15, 0.2) is 78.4 Å². The number of nitrogens with zero attached hydrogens (tertiary/aromatic N) is 1. The number of hydrogen-bond donors (Lipinski definition) is 1. The number of rotatable bonds is 11. The average molecular weight is 530 g/mol. The number of aliphatic hydroxyl groups is 1. The van der Waals surface area contributed by atoms with E-state index in [9.17, 15) is 14.7 Å². The van der Waals surface area contributed by atoms with Crippen LogP contribution in [0.5, 0.6) is 11.5 Å². The van der Waals surface area contributed by atoms with Crippen molar-refractivity contribution in [3.05, 3.63) is 101 Å². The molecule has 4 rings (SSSR count). The molecule has 1 heterocycles. The van der Waals surface area contributed by atoms with Crippen LogP contribution in [0.4, 0.5) is 0 Å². The number of hydrogen-bond acceptors (Lipinski definition) is 6. The van der Waals surface area contributed by atoms with Crippen molar-refractivity contribution in [1.29, 1.82) is 0 Å². The van der Waals surface area contributed by atoms with Gasteiger partial charge >= 0.3 is 0 Å². The summed E-state index contributed by atoms with van der Waals surface area (Å²) in [5.74, 6) is 0.122. The smallest absolute Gasteiger partial charge is 0.295 e. The number of carbonyl (C=O) groups excluding carboxylic acids is 2. The molecule has 0 bridgehead atoms. The molecule has 3 aromatic carbocycles. The van der Waals surface area contributed by atoms with Gasteiger partial charge in [-0.25, -0.2) is 0 Å². The van der Waals surface area contributed by atoms with Gasteiger partial charge < -0.3 is 24.2 Å². The predicted octanol–water partition coefficient (Wildman–Crippen LogP) is 5.68. The molecule has 0 saturated carbocycles. The molecule has 1 fully saturated rings. The van der Waals surface area contributed by atoms with Gasteiger partial charge in [0.05, 0.1) is 24.8 Å². The van der Waals surface area contributed by atoms with Crippen LogP contribution in [-0.2, 0) is 20.9 Å². The Morgan fingerprint density at radius 1 is 0.974 bits per heavy atom. The summed E-state index contributed by atoms with van der Waals surface area (Å²) in [6.45, 7) is 7.47. The molecule has 1 aliphatic heterocycles. The summed E-state index contributed by atoms with van der Waals surface area (Å²) in [4.78, 5) is 27.8. The molecule has 0 radical (unpaired) electrons. The van der Waals surface area contributed by atoms with Crippen molar-refractivity contribution in [3.8, 4) is 11.5 Å². The molecule has 39 heavy (non-hydrogen) atoms. The fourth-order valence-corrected chi connectivity index (χ4v) is 4.50. The van der Waals surface area contributed by atoms with Crippen molar-refractivity contribution in [1.82, 2.24) is 4.90 Å². The Morgan fingerprint density at radius 2 is 1.69 bits per heavy atom. The van der Waals surface area contributed by atoms with Crippen molar-refractivity contribution >= 4 is 17.4 Å². The minimum atomic E-state index is -0.763. The maximum atomic E-state index is 13.2. The number of likely N-dealkylation sites (tertiary alicyclic amines) is 1. The van der Waals surface area contributed by atoms with Gasteiger partial charge in [-0.3, -0.25) is 9.59 Å². The summed E-state index contributed by atoms with van der Waals surface area (Å²) < 4.78 is 17.0. The number of carbonyl (C=O) groups is 2. The molecule has 1 aliphatic rings. The van der Waals surface area contributed by atoms with Crippen molar-refractivity contribution in [3.63, 3.8) is 0 Å². The first kappa shape index (κ1) is 27.9. The van der Waals surface area contributed by atoms with Crippen LogP contribution in [-0.4, -0.2) is 48.6 Å². The average Bonchev–Trinajstić information content (AvgIpc) is 3.19. The molecule has 0 aliphatic carbocycles. The van der Waals surface area contributed by atoms with Gasteiger partial charge in [-0.15, -0.1) is 0 Å². The van der Waals surface area contributed by atoms with E-state index in [2.05, 4.69) is 13.8 Å². The molecule has 7 nitrogen and oxygen atoms in total. The molecule has 3 aromatic rings. The first-order valence-corrected chi connectivity index (χ1v) is 13.1. The van der Waals surface area contributed by atoms with Crippen LogP contribution >= 0.6 is 0 Å². The van der Waals surface area contributed by atoms with Gasteiger partial charge in [0, 0.05) is 19.2 Å². The van der Waals surface area contributed by atoms with Crippen LogP contribution in [0.2, 0.25) is 0 Å². The molecule has 1 amide bonds. The lowest BCUT2D eigenvalue weighted by atomic mass is 9.94. The third-order valence-corrected chi connectivity index (χ3v) is 6.54. The Labute approximate surface area is 229 Å². The topological polar surface area (TPSA) is 85.3 Å². The van der Waals surface area contributed by atoms with Crippen LogP contribution in [0.1, 0.15) is 42.1 Å². The first-order chi connectivity index (χ1) is 18.8. The maximum Gasteiger partial charge on any atom is 0.295 e.